The maximum absolute atomic E-state index is 13.1. The molecule has 5 rings (SSSR count). The van der Waals surface area contributed by atoms with Gasteiger partial charge in [-0.2, -0.15) is 0 Å². The van der Waals surface area contributed by atoms with Gasteiger partial charge in [0, 0.05) is 49.2 Å². The van der Waals surface area contributed by atoms with Gasteiger partial charge in [-0.15, -0.1) is 0 Å². The van der Waals surface area contributed by atoms with Crippen molar-refractivity contribution in [1.82, 2.24) is 24.8 Å². The highest BCUT2D eigenvalue weighted by atomic mass is 16.2. The number of carbonyl (C=O) groups is 2. The molecule has 0 aliphatic carbocycles. The predicted molar refractivity (Wildman–Crippen MR) is 124 cm³/mol. The van der Waals surface area contributed by atoms with Crippen molar-refractivity contribution in [3.8, 4) is 11.3 Å². The number of nitrogens with one attached hydrogen (secondary N) is 1. The number of para-hydroxylation sites is 1. The topological polar surface area (TPSA) is 91.3 Å². The van der Waals surface area contributed by atoms with Crippen molar-refractivity contribution < 1.29 is 9.59 Å². The molecular formula is C25H26N6O2. The second kappa shape index (κ2) is 9.36. The van der Waals surface area contributed by atoms with Crippen LogP contribution >= 0.6 is 0 Å². The Kier molecular flexibility index (Phi) is 5.97. The van der Waals surface area contributed by atoms with Crippen LogP contribution in [-0.4, -0.2) is 56.2 Å². The van der Waals surface area contributed by atoms with E-state index in [9.17, 15) is 9.59 Å². The SMILES string of the molecule is O=C1CCCN1CC(=O)N1CCC[C@@H]1c1nc(Nc2ccccc2)cc(-c2cccnc2)n1. The normalized spacial score (nSPS) is 18.1. The number of aromatic nitrogens is 3. The summed E-state index contributed by atoms with van der Waals surface area (Å²) < 4.78 is 0. The molecule has 0 saturated carbocycles. The van der Waals surface area contributed by atoms with Gasteiger partial charge in [0.1, 0.15) is 5.82 Å². The molecule has 8 heteroatoms. The molecule has 168 valence electrons. The molecule has 2 fully saturated rings. The van der Waals surface area contributed by atoms with Gasteiger partial charge >= 0.3 is 0 Å². The number of carbonyl (C=O) groups excluding carboxylic acids is 2. The van der Waals surface area contributed by atoms with E-state index in [1.54, 1.807) is 17.3 Å². The van der Waals surface area contributed by atoms with Gasteiger partial charge in [-0.25, -0.2) is 9.97 Å². The molecule has 2 aliphatic heterocycles. The molecule has 0 spiro atoms. The van der Waals surface area contributed by atoms with Crippen LogP contribution in [0.25, 0.3) is 11.3 Å². The van der Waals surface area contributed by atoms with Crippen LogP contribution in [0, 0.1) is 0 Å². The Labute approximate surface area is 192 Å². The van der Waals surface area contributed by atoms with Crippen molar-refractivity contribution in [3.05, 3.63) is 66.7 Å². The van der Waals surface area contributed by atoms with E-state index in [1.807, 2.05) is 53.4 Å². The summed E-state index contributed by atoms with van der Waals surface area (Å²) >= 11 is 0. The van der Waals surface area contributed by atoms with E-state index in [0.717, 1.165) is 36.2 Å². The molecule has 0 radical (unpaired) electrons. The van der Waals surface area contributed by atoms with Gasteiger partial charge in [-0.05, 0) is 43.5 Å². The molecule has 33 heavy (non-hydrogen) atoms. The van der Waals surface area contributed by atoms with Crippen LogP contribution in [0.2, 0.25) is 0 Å². The summed E-state index contributed by atoms with van der Waals surface area (Å²) in [5, 5.41) is 3.36. The highest BCUT2D eigenvalue weighted by Crippen LogP contribution is 2.33. The number of likely N-dealkylation sites (tertiary alicyclic amines) is 2. The minimum atomic E-state index is -0.219. The minimum Gasteiger partial charge on any atom is -0.340 e. The lowest BCUT2D eigenvalue weighted by Crippen LogP contribution is -2.40. The molecule has 1 atom stereocenters. The molecule has 2 aromatic heterocycles. The number of hydrogen-bond acceptors (Lipinski definition) is 6. The Morgan fingerprint density at radius 3 is 2.70 bits per heavy atom. The Morgan fingerprint density at radius 1 is 1.06 bits per heavy atom. The van der Waals surface area contributed by atoms with Gasteiger partial charge in [0.05, 0.1) is 18.3 Å². The fourth-order valence-electron chi connectivity index (χ4n) is 4.47. The fraction of sp³-hybridized carbons (Fsp3) is 0.320. The maximum atomic E-state index is 13.1. The van der Waals surface area contributed by atoms with Gasteiger partial charge in [0.15, 0.2) is 5.82 Å². The van der Waals surface area contributed by atoms with E-state index in [-0.39, 0.29) is 24.4 Å². The Bertz CT molecular complexity index is 1140. The summed E-state index contributed by atoms with van der Waals surface area (Å²) in [6.45, 7) is 1.43. The highest BCUT2D eigenvalue weighted by Gasteiger charge is 2.34. The van der Waals surface area contributed by atoms with Crippen molar-refractivity contribution in [3.63, 3.8) is 0 Å². The van der Waals surface area contributed by atoms with Gasteiger partial charge in [-0.1, -0.05) is 18.2 Å². The second-order valence-electron chi connectivity index (χ2n) is 8.39. The first-order valence-corrected chi connectivity index (χ1v) is 11.4. The summed E-state index contributed by atoms with van der Waals surface area (Å²) in [5.74, 6) is 1.29. The van der Waals surface area contributed by atoms with Crippen LogP contribution in [0.5, 0.6) is 0 Å². The number of hydrogen-bond donors (Lipinski definition) is 1. The molecule has 4 heterocycles. The standard InChI is InChI=1S/C25H26N6O2/c32-23-11-6-13-30(23)17-24(33)31-14-5-10-21(31)25-28-20(18-7-4-12-26-16-18)15-22(29-25)27-19-8-2-1-3-9-19/h1-4,7-9,12,15-16,21H,5-6,10-11,13-14,17H2,(H,27,28,29)/t21-/m1/s1. The Morgan fingerprint density at radius 2 is 1.94 bits per heavy atom. The summed E-state index contributed by atoms with van der Waals surface area (Å²) in [7, 11) is 0. The van der Waals surface area contributed by atoms with Crippen LogP contribution in [0.1, 0.15) is 37.5 Å². The number of rotatable bonds is 6. The summed E-state index contributed by atoms with van der Waals surface area (Å²) in [6.07, 6.45) is 6.52. The van der Waals surface area contributed by atoms with E-state index in [2.05, 4.69) is 10.3 Å². The van der Waals surface area contributed by atoms with Gasteiger partial charge in [0.2, 0.25) is 11.8 Å². The molecule has 0 unspecified atom stereocenters. The van der Waals surface area contributed by atoms with E-state index in [1.165, 1.54) is 0 Å². The lowest BCUT2D eigenvalue weighted by molar-refractivity contribution is -0.139. The maximum Gasteiger partial charge on any atom is 0.242 e. The number of pyridine rings is 1. The van der Waals surface area contributed by atoms with E-state index in [0.29, 0.717) is 31.2 Å². The lowest BCUT2D eigenvalue weighted by Gasteiger charge is -2.26. The molecular weight excluding hydrogens is 416 g/mol. The van der Waals surface area contributed by atoms with Crippen molar-refractivity contribution in [1.29, 1.82) is 0 Å². The Hall–Kier alpha value is -3.81. The molecule has 3 aromatic rings. The van der Waals surface area contributed by atoms with Crippen LogP contribution in [0.3, 0.4) is 0 Å². The fourth-order valence-corrected chi connectivity index (χ4v) is 4.47. The first-order valence-electron chi connectivity index (χ1n) is 11.4. The smallest absolute Gasteiger partial charge is 0.242 e. The van der Waals surface area contributed by atoms with Crippen molar-refractivity contribution in [2.75, 3.05) is 25.0 Å². The first kappa shape index (κ1) is 21.1. The van der Waals surface area contributed by atoms with E-state index >= 15 is 0 Å². The summed E-state index contributed by atoms with van der Waals surface area (Å²) in [5.41, 5.74) is 2.56. The number of amides is 2. The van der Waals surface area contributed by atoms with Crippen LogP contribution < -0.4 is 5.32 Å². The first-order chi connectivity index (χ1) is 16.2. The van der Waals surface area contributed by atoms with Gasteiger partial charge < -0.3 is 15.1 Å². The number of benzene rings is 1. The molecule has 2 amide bonds. The Balaban J connectivity index is 1.45. The van der Waals surface area contributed by atoms with Crippen molar-refractivity contribution in [2.45, 2.75) is 31.7 Å². The van der Waals surface area contributed by atoms with Crippen LogP contribution in [-0.2, 0) is 9.59 Å². The minimum absolute atomic E-state index is 0.0410. The van der Waals surface area contributed by atoms with Gasteiger partial charge in [-0.3, -0.25) is 14.6 Å². The second-order valence-corrected chi connectivity index (χ2v) is 8.39. The summed E-state index contributed by atoms with van der Waals surface area (Å²) in [6, 6.07) is 15.4. The molecule has 1 aromatic carbocycles. The van der Waals surface area contributed by atoms with Crippen LogP contribution in [0.4, 0.5) is 11.5 Å². The molecule has 1 N–H and O–H groups in total. The largest absolute Gasteiger partial charge is 0.340 e. The molecule has 8 nitrogen and oxygen atoms in total. The molecule has 2 saturated heterocycles. The zero-order valence-electron chi connectivity index (χ0n) is 18.4. The number of nitrogens with zero attached hydrogens (tertiary/aromatic N) is 5. The van der Waals surface area contributed by atoms with E-state index in [4.69, 9.17) is 9.97 Å². The average molecular weight is 443 g/mol. The van der Waals surface area contributed by atoms with E-state index < -0.39 is 0 Å². The highest BCUT2D eigenvalue weighted by molar-refractivity contribution is 5.86. The zero-order valence-corrected chi connectivity index (χ0v) is 18.4. The number of anilines is 2. The quantitative estimate of drug-likeness (QED) is 0.628. The third-order valence-corrected chi connectivity index (χ3v) is 6.12. The third kappa shape index (κ3) is 4.69. The molecule has 0 bridgehead atoms. The zero-order chi connectivity index (χ0) is 22.6. The van der Waals surface area contributed by atoms with Crippen molar-refractivity contribution in [2.24, 2.45) is 0 Å². The van der Waals surface area contributed by atoms with Gasteiger partial charge in [0.25, 0.3) is 0 Å². The lowest BCUT2D eigenvalue weighted by atomic mass is 10.1. The predicted octanol–water partition coefficient (Wildman–Crippen LogP) is 3.57. The monoisotopic (exact) mass is 442 g/mol. The summed E-state index contributed by atoms with van der Waals surface area (Å²) in [4.78, 5) is 42.5. The van der Waals surface area contributed by atoms with Crippen molar-refractivity contribution >= 4 is 23.3 Å². The average Bonchev–Trinajstić information content (AvgIpc) is 3.50. The van der Waals surface area contributed by atoms with Crippen LogP contribution in [0.15, 0.2) is 60.9 Å². The molecule has 2 aliphatic rings. The third-order valence-electron chi connectivity index (χ3n) is 6.12.